The van der Waals surface area contributed by atoms with Crippen LogP contribution in [-0.4, -0.2) is 28.1 Å². The molecule has 0 atom stereocenters. The lowest BCUT2D eigenvalue weighted by Crippen LogP contribution is -2.00. The maximum absolute atomic E-state index is 11.6. The van der Waals surface area contributed by atoms with E-state index in [0.717, 1.165) is 6.21 Å². The predicted octanol–water partition coefficient (Wildman–Crippen LogP) is 1.61. The Balaban J connectivity index is 0.000000186. The van der Waals surface area contributed by atoms with Gasteiger partial charge in [-0.2, -0.15) is 5.10 Å². The van der Waals surface area contributed by atoms with Crippen molar-refractivity contribution in [3.8, 4) is 0 Å². The fourth-order valence-electron chi connectivity index (χ4n) is 1.30. The molecule has 0 spiro atoms. The van der Waals surface area contributed by atoms with Gasteiger partial charge in [-0.3, -0.25) is 14.7 Å². The van der Waals surface area contributed by atoms with Crippen LogP contribution in [-0.2, 0) is 4.79 Å². The van der Waals surface area contributed by atoms with Crippen LogP contribution in [0.2, 0.25) is 0 Å². The van der Waals surface area contributed by atoms with E-state index >= 15 is 0 Å². The molecule has 2 heterocycles. The van der Waals surface area contributed by atoms with Crippen LogP contribution in [0.15, 0.2) is 58.0 Å². The third-order valence-corrected chi connectivity index (χ3v) is 2.13. The molecule has 2 aromatic rings. The van der Waals surface area contributed by atoms with Crippen molar-refractivity contribution in [3.05, 3.63) is 53.9 Å². The van der Waals surface area contributed by atoms with Crippen LogP contribution in [0.3, 0.4) is 0 Å². The predicted molar refractivity (Wildman–Crippen MR) is 66.8 cm³/mol. The molecule has 7 nitrogen and oxygen atoms in total. The van der Waals surface area contributed by atoms with Crippen LogP contribution in [0.1, 0.15) is 16.1 Å². The average molecular weight is 255 g/mol. The number of nitrogens with one attached hydrogen (secondary N) is 1. The van der Waals surface area contributed by atoms with E-state index in [9.17, 15) is 9.59 Å². The van der Waals surface area contributed by atoms with Gasteiger partial charge >= 0.3 is 5.91 Å². The molecular weight excluding hydrogens is 246 g/mol. The van der Waals surface area contributed by atoms with Crippen LogP contribution >= 0.6 is 0 Å². The Morgan fingerprint density at radius 1 is 1.11 bits per heavy atom. The molecule has 94 valence electrons. The van der Waals surface area contributed by atoms with E-state index in [1.165, 1.54) is 0 Å². The van der Waals surface area contributed by atoms with E-state index in [1.807, 2.05) is 18.2 Å². The number of hydrogen-bond acceptors (Lipinski definition) is 5. The quantitative estimate of drug-likeness (QED) is 0.825. The lowest BCUT2D eigenvalue weighted by Gasteiger charge is -1.94. The minimum atomic E-state index is -0.380. The lowest BCUT2D eigenvalue weighted by molar-refractivity contribution is -0.111. The van der Waals surface area contributed by atoms with Gasteiger partial charge in [0.05, 0.1) is 0 Å². The van der Waals surface area contributed by atoms with Crippen molar-refractivity contribution >= 4 is 17.9 Å². The molecule has 1 N–H and O–H groups in total. The van der Waals surface area contributed by atoms with Gasteiger partial charge in [0, 0.05) is 11.8 Å². The van der Waals surface area contributed by atoms with Gasteiger partial charge in [0.2, 0.25) is 5.78 Å². The first-order chi connectivity index (χ1) is 9.27. The van der Waals surface area contributed by atoms with E-state index in [4.69, 9.17) is 0 Å². The smallest absolute Gasteiger partial charge is 0.287 e. The van der Waals surface area contributed by atoms with E-state index in [2.05, 4.69) is 25.6 Å². The fraction of sp³-hybridized carbons (Fsp3) is 0. The van der Waals surface area contributed by atoms with Crippen LogP contribution in [0.25, 0.3) is 0 Å². The molecule has 3 rings (SSSR count). The summed E-state index contributed by atoms with van der Waals surface area (Å²) in [7, 11) is 0. The van der Waals surface area contributed by atoms with Crippen LogP contribution in [0.5, 0.6) is 0 Å². The Kier molecular flexibility index (Phi) is 4.01. The van der Waals surface area contributed by atoms with Crippen molar-refractivity contribution in [3.63, 3.8) is 0 Å². The standard InChI is InChI=1S/C10H8N2O.C2HN3O/c13-10(9-6-7-11-12-9)8-4-2-1-3-5-8;6-2-1-3-5-4-2/h1-7H,(H,11,12);1H. The fourth-order valence-corrected chi connectivity index (χ4v) is 1.30. The summed E-state index contributed by atoms with van der Waals surface area (Å²) < 4.78 is 0. The first kappa shape index (κ1) is 12.5. The van der Waals surface area contributed by atoms with Crippen LogP contribution in [0.4, 0.5) is 0 Å². The SMILES string of the molecule is O=C(c1ccccc1)c1cc[nH]n1.O=C1C=NN=N1. The average Bonchev–Trinajstić information content (AvgIpc) is 3.12. The minimum absolute atomic E-state index is 0.0538. The van der Waals surface area contributed by atoms with Crippen molar-refractivity contribution in [1.82, 2.24) is 10.2 Å². The van der Waals surface area contributed by atoms with Crippen LogP contribution < -0.4 is 0 Å². The Bertz CT molecular complexity index is 603. The molecule has 0 fully saturated rings. The highest BCUT2D eigenvalue weighted by Crippen LogP contribution is 2.05. The van der Waals surface area contributed by atoms with Crippen molar-refractivity contribution in [2.75, 3.05) is 0 Å². The molecule has 1 aromatic heterocycles. The van der Waals surface area contributed by atoms with Crippen LogP contribution in [0, 0.1) is 0 Å². The summed E-state index contributed by atoms with van der Waals surface area (Å²) in [6.07, 6.45) is 2.69. The zero-order valence-electron chi connectivity index (χ0n) is 9.72. The van der Waals surface area contributed by atoms with E-state index in [0.29, 0.717) is 11.3 Å². The highest BCUT2D eigenvalue weighted by molar-refractivity contribution is 6.27. The number of ketones is 1. The van der Waals surface area contributed by atoms with Crippen molar-refractivity contribution < 1.29 is 9.59 Å². The number of aromatic amines is 1. The highest BCUT2D eigenvalue weighted by atomic mass is 16.2. The summed E-state index contributed by atoms with van der Waals surface area (Å²) in [6.45, 7) is 0. The molecule has 0 saturated heterocycles. The van der Waals surface area contributed by atoms with Crippen molar-refractivity contribution in [2.45, 2.75) is 0 Å². The molecule has 19 heavy (non-hydrogen) atoms. The zero-order valence-corrected chi connectivity index (χ0v) is 9.72. The second-order valence-corrected chi connectivity index (χ2v) is 3.43. The number of amides is 1. The second kappa shape index (κ2) is 6.10. The summed E-state index contributed by atoms with van der Waals surface area (Å²) >= 11 is 0. The molecule has 1 aliphatic rings. The topological polar surface area (TPSA) is 99.9 Å². The lowest BCUT2D eigenvalue weighted by atomic mass is 10.1. The third-order valence-electron chi connectivity index (χ3n) is 2.13. The Morgan fingerprint density at radius 3 is 2.37 bits per heavy atom. The number of hydrogen-bond donors (Lipinski definition) is 1. The van der Waals surface area contributed by atoms with Gasteiger partial charge in [-0.1, -0.05) is 35.4 Å². The molecule has 1 aromatic carbocycles. The molecule has 0 bridgehead atoms. The molecule has 0 saturated carbocycles. The molecule has 0 radical (unpaired) electrons. The van der Waals surface area contributed by atoms with E-state index in [1.54, 1.807) is 24.4 Å². The molecule has 0 aliphatic carbocycles. The van der Waals surface area contributed by atoms with Gasteiger partial charge in [-0.15, -0.1) is 5.10 Å². The monoisotopic (exact) mass is 255 g/mol. The Labute approximate surface area is 108 Å². The molecular formula is C12H9N5O2. The highest BCUT2D eigenvalue weighted by Gasteiger charge is 2.09. The normalized spacial score (nSPS) is 12.1. The first-order valence-corrected chi connectivity index (χ1v) is 5.35. The third kappa shape index (κ3) is 3.50. The maximum atomic E-state index is 11.6. The number of rotatable bonds is 2. The number of nitrogens with zero attached hydrogens (tertiary/aromatic N) is 4. The number of H-pyrrole nitrogens is 1. The van der Waals surface area contributed by atoms with Crippen molar-refractivity contribution in [1.29, 1.82) is 0 Å². The van der Waals surface area contributed by atoms with Crippen molar-refractivity contribution in [2.24, 2.45) is 15.4 Å². The van der Waals surface area contributed by atoms with Gasteiger partial charge < -0.3 is 0 Å². The van der Waals surface area contributed by atoms with Gasteiger partial charge in [-0.05, 0) is 11.3 Å². The Hall–Kier alpha value is -2.96. The summed E-state index contributed by atoms with van der Waals surface area (Å²) in [5.41, 5.74) is 1.11. The van der Waals surface area contributed by atoms with E-state index < -0.39 is 0 Å². The second-order valence-electron chi connectivity index (χ2n) is 3.43. The number of carbonyl (C=O) groups excluding carboxylic acids is 2. The largest absolute Gasteiger partial charge is 0.310 e. The van der Waals surface area contributed by atoms with Gasteiger partial charge in [0.25, 0.3) is 0 Å². The van der Waals surface area contributed by atoms with E-state index in [-0.39, 0.29) is 11.7 Å². The molecule has 1 aliphatic heterocycles. The molecule has 0 unspecified atom stereocenters. The number of benzene rings is 1. The number of aromatic nitrogens is 2. The summed E-state index contributed by atoms with van der Waals surface area (Å²) in [5, 5.41) is 15.6. The van der Waals surface area contributed by atoms with Gasteiger partial charge in [0.1, 0.15) is 11.9 Å². The minimum Gasteiger partial charge on any atom is -0.287 e. The zero-order chi connectivity index (χ0) is 13.5. The molecule has 1 amide bonds. The summed E-state index contributed by atoms with van der Waals surface area (Å²) in [4.78, 5) is 21.5. The maximum Gasteiger partial charge on any atom is 0.310 e. The van der Waals surface area contributed by atoms with Gasteiger partial charge in [-0.25, -0.2) is 0 Å². The summed E-state index contributed by atoms with van der Waals surface area (Å²) in [5.74, 6) is -0.433. The molecule has 7 heteroatoms. The Morgan fingerprint density at radius 2 is 1.89 bits per heavy atom. The number of carbonyl (C=O) groups is 2. The van der Waals surface area contributed by atoms with Gasteiger partial charge in [0.15, 0.2) is 0 Å². The summed E-state index contributed by atoms with van der Waals surface area (Å²) in [6, 6.07) is 10.8. The first-order valence-electron chi connectivity index (χ1n) is 5.35.